The smallest absolute Gasteiger partial charge is 0.134 e. The predicted molar refractivity (Wildman–Crippen MR) is 67.3 cm³/mol. The summed E-state index contributed by atoms with van der Waals surface area (Å²) in [5.74, 6) is 0. The van der Waals surface area contributed by atoms with Crippen LogP contribution in [0.2, 0.25) is 0 Å². The lowest BCUT2D eigenvalue weighted by Crippen LogP contribution is -2.04. The van der Waals surface area contributed by atoms with Crippen LogP contribution >= 0.6 is 33.9 Å². The van der Waals surface area contributed by atoms with Crippen LogP contribution in [0.15, 0.2) is 4.99 Å². The normalized spacial score (nSPS) is 12.7. The summed E-state index contributed by atoms with van der Waals surface area (Å²) in [6.07, 6.45) is 1.86. The molecule has 0 saturated heterocycles. The number of halogens is 1. The molecule has 13 heavy (non-hydrogen) atoms. The van der Waals surface area contributed by atoms with Gasteiger partial charge >= 0.3 is 0 Å². The Labute approximate surface area is 96.6 Å². The van der Waals surface area contributed by atoms with Crippen LogP contribution in [0, 0.1) is 13.8 Å². The first-order chi connectivity index (χ1) is 5.88. The monoisotopic (exact) mass is 308 g/mol. The zero-order chi connectivity index (χ0) is 10.1. The summed E-state index contributed by atoms with van der Waals surface area (Å²) in [7, 11) is 0. The molecule has 1 rings (SSSR count). The fraction of sp³-hybridized carbons (Fsp3) is 0.556. The van der Waals surface area contributed by atoms with Crippen molar-refractivity contribution in [2.75, 3.05) is 0 Å². The van der Waals surface area contributed by atoms with Crippen LogP contribution in [-0.2, 0) is 0 Å². The first kappa shape index (κ1) is 11.1. The van der Waals surface area contributed by atoms with Crippen molar-refractivity contribution >= 4 is 40.1 Å². The summed E-state index contributed by atoms with van der Waals surface area (Å²) in [5, 5.41) is 1.000. The SMILES string of the molecule is Cc1nc(/C=N\C(C)(C)I)sc1C. The molecule has 0 atom stereocenters. The minimum Gasteiger partial charge on any atom is -0.273 e. The molecule has 72 valence electrons. The molecule has 0 bridgehead atoms. The Balaban J connectivity index is 2.81. The third kappa shape index (κ3) is 3.72. The Morgan fingerprint density at radius 1 is 1.46 bits per heavy atom. The summed E-state index contributed by atoms with van der Waals surface area (Å²) in [4.78, 5) is 10.0. The van der Waals surface area contributed by atoms with Crippen LogP contribution in [-0.4, -0.2) is 14.7 Å². The zero-order valence-electron chi connectivity index (χ0n) is 8.26. The van der Waals surface area contributed by atoms with Gasteiger partial charge in [-0.15, -0.1) is 11.3 Å². The van der Waals surface area contributed by atoms with Crippen molar-refractivity contribution in [1.29, 1.82) is 0 Å². The molecule has 0 aliphatic rings. The molecule has 0 aliphatic heterocycles. The van der Waals surface area contributed by atoms with Gasteiger partial charge in [-0.05, 0) is 27.7 Å². The summed E-state index contributed by atoms with van der Waals surface area (Å²) < 4.78 is -0.0365. The van der Waals surface area contributed by atoms with Gasteiger partial charge in [0.2, 0.25) is 0 Å². The van der Waals surface area contributed by atoms with Gasteiger partial charge in [-0.2, -0.15) is 0 Å². The van der Waals surface area contributed by atoms with E-state index < -0.39 is 0 Å². The Kier molecular flexibility index (Phi) is 3.45. The molecular formula is C9H13IN2S. The maximum atomic E-state index is 4.39. The Bertz CT molecular complexity index is 303. The summed E-state index contributed by atoms with van der Waals surface area (Å²) in [6, 6.07) is 0. The average molecular weight is 308 g/mol. The van der Waals surface area contributed by atoms with Crippen LogP contribution in [0.3, 0.4) is 0 Å². The summed E-state index contributed by atoms with van der Waals surface area (Å²) in [5.41, 5.74) is 1.11. The molecule has 4 heteroatoms. The fourth-order valence-electron chi connectivity index (χ4n) is 0.761. The molecule has 0 amide bonds. The first-order valence-electron chi connectivity index (χ1n) is 4.06. The molecule has 0 aliphatic carbocycles. The second kappa shape index (κ2) is 4.04. The second-order valence-corrected chi connectivity index (χ2v) is 7.24. The van der Waals surface area contributed by atoms with Gasteiger partial charge in [-0.25, -0.2) is 4.98 Å². The van der Waals surface area contributed by atoms with E-state index >= 15 is 0 Å². The molecule has 0 unspecified atom stereocenters. The van der Waals surface area contributed by atoms with Crippen LogP contribution in [0.5, 0.6) is 0 Å². The van der Waals surface area contributed by atoms with Crippen LogP contribution < -0.4 is 0 Å². The highest BCUT2D eigenvalue weighted by Gasteiger charge is 2.08. The van der Waals surface area contributed by atoms with E-state index in [1.54, 1.807) is 11.3 Å². The zero-order valence-corrected chi connectivity index (χ0v) is 11.2. The lowest BCUT2D eigenvalue weighted by Gasteiger charge is -2.07. The van der Waals surface area contributed by atoms with E-state index in [1.807, 2.05) is 13.1 Å². The maximum Gasteiger partial charge on any atom is 0.134 e. The molecule has 0 spiro atoms. The van der Waals surface area contributed by atoms with Gasteiger partial charge in [0, 0.05) is 4.88 Å². The topological polar surface area (TPSA) is 25.2 Å². The van der Waals surface area contributed by atoms with E-state index in [4.69, 9.17) is 0 Å². The minimum absolute atomic E-state index is 0.0365. The number of aryl methyl sites for hydroxylation is 2. The number of hydrogen-bond acceptors (Lipinski definition) is 3. The molecule has 0 aromatic carbocycles. The van der Waals surface area contributed by atoms with Gasteiger partial charge in [0.15, 0.2) is 0 Å². The quantitative estimate of drug-likeness (QED) is 0.356. The average Bonchev–Trinajstić information content (AvgIpc) is 2.27. The van der Waals surface area contributed by atoms with Crippen LogP contribution in [0.25, 0.3) is 0 Å². The van der Waals surface area contributed by atoms with E-state index in [9.17, 15) is 0 Å². The van der Waals surface area contributed by atoms with Gasteiger partial charge in [-0.1, -0.05) is 22.6 Å². The van der Waals surface area contributed by atoms with Crippen LogP contribution in [0.1, 0.15) is 29.4 Å². The van der Waals surface area contributed by atoms with Crippen LogP contribution in [0.4, 0.5) is 0 Å². The number of aromatic nitrogens is 1. The van der Waals surface area contributed by atoms with E-state index in [-0.39, 0.29) is 3.55 Å². The predicted octanol–water partition coefficient (Wildman–Crippen LogP) is 3.35. The van der Waals surface area contributed by atoms with Gasteiger partial charge in [0.25, 0.3) is 0 Å². The highest BCUT2D eigenvalue weighted by atomic mass is 127. The molecule has 2 nitrogen and oxygen atoms in total. The number of hydrogen-bond donors (Lipinski definition) is 0. The van der Waals surface area contributed by atoms with E-state index in [1.165, 1.54) is 4.88 Å². The Morgan fingerprint density at radius 3 is 2.46 bits per heavy atom. The van der Waals surface area contributed by atoms with Crippen molar-refractivity contribution in [3.63, 3.8) is 0 Å². The first-order valence-corrected chi connectivity index (χ1v) is 5.96. The Hall–Kier alpha value is 0.0300. The van der Waals surface area contributed by atoms with Crippen molar-refractivity contribution in [2.24, 2.45) is 4.99 Å². The maximum absolute atomic E-state index is 4.39. The number of aliphatic imine (C=N–C) groups is 1. The van der Waals surface area contributed by atoms with Gasteiger partial charge in [-0.3, -0.25) is 4.99 Å². The van der Waals surface area contributed by atoms with Crippen molar-refractivity contribution < 1.29 is 0 Å². The lowest BCUT2D eigenvalue weighted by molar-refractivity contribution is 0.806. The van der Waals surface area contributed by atoms with Gasteiger partial charge in [0.05, 0.1) is 11.9 Å². The van der Waals surface area contributed by atoms with Crippen molar-refractivity contribution in [1.82, 2.24) is 4.98 Å². The molecule has 0 saturated carbocycles. The lowest BCUT2D eigenvalue weighted by atomic mass is 10.4. The van der Waals surface area contributed by atoms with E-state index in [0.29, 0.717) is 0 Å². The largest absolute Gasteiger partial charge is 0.273 e. The Morgan fingerprint density at radius 2 is 2.08 bits per heavy atom. The standard InChI is InChI=1S/C9H13IN2S/c1-6-7(2)13-8(12-6)5-11-9(3,4)10/h5H,1-4H3/b11-5-. The van der Waals surface area contributed by atoms with Gasteiger partial charge in [0.1, 0.15) is 8.55 Å². The molecule has 0 N–H and O–H groups in total. The highest BCUT2D eigenvalue weighted by Crippen LogP contribution is 2.19. The van der Waals surface area contributed by atoms with Crippen molar-refractivity contribution in [2.45, 2.75) is 31.2 Å². The van der Waals surface area contributed by atoms with Gasteiger partial charge < -0.3 is 0 Å². The second-order valence-electron chi connectivity index (χ2n) is 3.36. The molecule has 0 radical (unpaired) electrons. The van der Waals surface area contributed by atoms with E-state index in [0.717, 1.165) is 10.7 Å². The van der Waals surface area contributed by atoms with Crippen molar-refractivity contribution in [3.8, 4) is 0 Å². The molecular weight excluding hydrogens is 295 g/mol. The third-order valence-electron chi connectivity index (χ3n) is 1.53. The molecule has 1 aromatic rings. The summed E-state index contributed by atoms with van der Waals surface area (Å²) in [6.45, 7) is 8.24. The van der Waals surface area contributed by atoms with E-state index in [2.05, 4.69) is 53.3 Å². The van der Waals surface area contributed by atoms with Crippen molar-refractivity contribution in [3.05, 3.63) is 15.6 Å². The number of nitrogens with zero attached hydrogens (tertiary/aromatic N) is 2. The third-order valence-corrected chi connectivity index (χ3v) is 2.81. The minimum atomic E-state index is -0.0365. The molecule has 1 aromatic heterocycles. The highest BCUT2D eigenvalue weighted by molar-refractivity contribution is 14.1. The summed E-state index contributed by atoms with van der Waals surface area (Å²) >= 11 is 3.99. The number of alkyl halides is 1. The fourth-order valence-corrected chi connectivity index (χ4v) is 1.70. The number of rotatable bonds is 2. The molecule has 0 fully saturated rings. The number of thiazole rings is 1. The molecule has 1 heterocycles.